The Hall–Kier alpha value is -1.77. The number of nitrogens with one attached hydrogen (secondary N) is 2. The molecule has 0 aliphatic carbocycles. The highest BCUT2D eigenvalue weighted by Crippen LogP contribution is 2.21. The lowest BCUT2D eigenvalue weighted by Crippen LogP contribution is -2.32. The summed E-state index contributed by atoms with van der Waals surface area (Å²) >= 11 is 6.04. The minimum Gasteiger partial charge on any atom is -0.427 e. The number of benzene rings is 1. The number of hydrogen-bond donors (Lipinski definition) is 4. The van der Waals surface area contributed by atoms with Gasteiger partial charge in [0.05, 0.1) is 23.5 Å². The van der Waals surface area contributed by atoms with Crippen LogP contribution in [0.4, 0.5) is 0 Å². The molecule has 1 aromatic carbocycles. The van der Waals surface area contributed by atoms with Crippen molar-refractivity contribution < 1.29 is 10.0 Å². The molecule has 0 spiro atoms. The Morgan fingerprint density at radius 1 is 1.20 bits per heavy atom. The molecule has 8 heteroatoms. The maximum atomic E-state index is 9.08. The van der Waals surface area contributed by atoms with Gasteiger partial charge in [-0.15, -0.1) is 6.58 Å². The number of unbranched alkanes of at least 4 members (excludes halogenated alkanes) is 1. The summed E-state index contributed by atoms with van der Waals surface area (Å²) in [7, 11) is -1.26. The van der Waals surface area contributed by atoms with Crippen LogP contribution in [0.15, 0.2) is 59.1 Å². The molecule has 0 radical (unpaired) electrons. The van der Waals surface area contributed by atoms with Crippen LogP contribution in [0.5, 0.6) is 0 Å². The topological polar surface area (TPSA) is 89.2 Å². The first kappa shape index (κ1) is 29.5. The summed E-state index contributed by atoms with van der Waals surface area (Å²) in [5.74, 6) is 0. The van der Waals surface area contributed by atoms with Crippen LogP contribution in [-0.4, -0.2) is 66.3 Å². The van der Waals surface area contributed by atoms with Crippen molar-refractivity contribution in [2.45, 2.75) is 76.8 Å². The van der Waals surface area contributed by atoms with Crippen molar-refractivity contribution in [1.29, 1.82) is 0 Å². The van der Waals surface area contributed by atoms with Gasteiger partial charge >= 0.3 is 7.12 Å². The van der Waals surface area contributed by atoms with Crippen molar-refractivity contribution in [3.05, 3.63) is 59.7 Å². The summed E-state index contributed by atoms with van der Waals surface area (Å²) in [4.78, 5) is 9.94. The Balaban J connectivity index is 0.000000625. The predicted molar refractivity (Wildman–Crippen MR) is 151 cm³/mol. The lowest BCUT2D eigenvalue weighted by molar-refractivity contribution is 0.402. The van der Waals surface area contributed by atoms with Gasteiger partial charge in [0.25, 0.3) is 0 Å². The highest BCUT2D eigenvalue weighted by molar-refractivity contribution is 6.49. The summed E-state index contributed by atoms with van der Waals surface area (Å²) < 4.78 is 0. The van der Waals surface area contributed by atoms with Crippen LogP contribution in [0.3, 0.4) is 0 Å². The Labute approximate surface area is 216 Å². The lowest BCUT2D eigenvalue weighted by atomic mass is 9.83. The van der Waals surface area contributed by atoms with Gasteiger partial charge < -0.3 is 20.7 Å². The van der Waals surface area contributed by atoms with Crippen molar-refractivity contribution in [1.82, 2.24) is 10.6 Å². The second-order valence-electron chi connectivity index (χ2n) is 9.13. The molecule has 2 heterocycles. The van der Waals surface area contributed by atoms with Gasteiger partial charge in [-0.3, -0.25) is 9.98 Å². The second-order valence-corrected chi connectivity index (χ2v) is 9.57. The summed E-state index contributed by atoms with van der Waals surface area (Å²) in [6.45, 7) is 11.4. The quantitative estimate of drug-likeness (QED) is 0.194. The standard InChI is InChI=1S/C22H31BClN3O2.C5H11N/c1-3-15-25-16-7-9-20-19(4-2)27-22(17-10-12-18(24)13-11-17)21(26-20)8-5-6-14-23(28)29;1-5-3-2-4-6-5/h4,7,9-13,19-20,25,28-29H,2-3,5-6,8,14-16H2,1H3;5-6H,2-4H2,1H3/b9-7+;. The first-order valence-corrected chi connectivity index (χ1v) is 13.3. The van der Waals surface area contributed by atoms with E-state index < -0.39 is 7.12 Å². The third-order valence-corrected chi connectivity index (χ3v) is 6.27. The Kier molecular flexibility index (Phi) is 14.2. The molecule has 0 bridgehead atoms. The van der Waals surface area contributed by atoms with Crippen molar-refractivity contribution in [3.8, 4) is 0 Å². The second kappa shape index (κ2) is 16.8. The van der Waals surface area contributed by atoms with Gasteiger partial charge in [-0.2, -0.15) is 0 Å². The van der Waals surface area contributed by atoms with Gasteiger partial charge in [0.2, 0.25) is 0 Å². The van der Waals surface area contributed by atoms with Crippen LogP contribution >= 0.6 is 11.6 Å². The molecule has 3 rings (SSSR count). The van der Waals surface area contributed by atoms with E-state index in [4.69, 9.17) is 31.6 Å². The zero-order valence-electron chi connectivity index (χ0n) is 21.3. The molecule has 1 saturated heterocycles. The molecule has 3 unspecified atom stereocenters. The highest BCUT2D eigenvalue weighted by atomic mass is 35.5. The van der Waals surface area contributed by atoms with Crippen LogP contribution in [0, 0.1) is 0 Å². The van der Waals surface area contributed by atoms with E-state index in [1.165, 1.54) is 19.4 Å². The van der Waals surface area contributed by atoms with E-state index in [1.807, 2.05) is 30.3 Å². The van der Waals surface area contributed by atoms with Crippen molar-refractivity contribution >= 4 is 30.1 Å². The van der Waals surface area contributed by atoms with Crippen LogP contribution in [0.25, 0.3) is 0 Å². The molecule has 192 valence electrons. The van der Waals surface area contributed by atoms with E-state index in [-0.39, 0.29) is 12.1 Å². The Morgan fingerprint density at radius 2 is 1.97 bits per heavy atom. The normalized spacial score (nSPS) is 21.8. The van der Waals surface area contributed by atoms with Crippen LogP contribution in [0.2, 0.25) is 11.3 Å². The average molecular weight is 501 g/mol. The van der Waals surface area contributed by atoms with Gasteiger partial charge in [0.1, 0.15) is 0 Å². The third kappa shape index (κ3) is 11.2. The minimum atomic E-state index is -1.26. The molecule has 2 aliphatic rings. The van der Waals surface area contributed by atoms with Gasteiger partial charge in [-0.05, 0) is 70.6 Å². The predicted octanol–water partition coefficient (Wildman–Crippen LogP) is 4.46. The largest absolute Gasteiger partial charge is 0.451 e. The number of nitrogens with zero attached hydrogens (tertiary/aromatic N) is 2. The fourth-order valence-corrected chi connectivity index (χ4v) is 4.17. The van der Waals surface area contributed by atoms with Gasteiger partial charge in [0, 0.05) is 23.2 Å². The summed E-state index contributed by atoms with van der Waals surface area (Å²) in [5.41, 5.74) is 2.79. The molecular weight excluding hydrogens is 459 g/mol. The molecule has 3 atom stereocenters. The van der Waals surface area contributed by atoms with Gasteiger partial charge in [0.15, 0.2) is 0 Å². The minimum absolute atomic E-state index is 0.0783. The van der Waals surface area contributed by atoms with Crippen LogP contribution in [-0.2, 0) is 0 Å². The molecule has 0 amide bonds. The Morgan fingerprint density at radius 3 is 2.54 bits per heavy atom. The smallest absolute Gasteiger partial charge is 0.427 e. The van der Waals surface area contributed by atoms with Crippen LogP contribution < -0.4 is 10.6 Å². The van der Waals surface area contributed by atoms with Gasteiger partial charge in [-0.1, -0.05) is 55.3 Å². The van der Waals surface area contributed by atoms with E-state index >= 15 is 0 Å². The van der Waals surface area contributed by atoms with Crippen LogP contribution in [0.1, 0.15) is 57.9 Å². The van der Waals surface area contributed by atoms with E-state index in [2.05, 4.69) is 43.2 Å². The highest BCUT2D eigenvalue weighted by Gasteiger charge is 2.25. The zero-order chi connectivity index (χ0) is 25.5. The van der Waals surface area contributed by atoms with E-state index in [0.717, 1.165) is 61.8 Å². The number of halogens is 1. The molecule has 1 aromatic rings. The first-order chi connectivity index (χ1) is 16.9. The molecule has 4 N–H and O–H groups in total. The number of rotatable bonds is 12. The maximum absolute atomic E-state index is 9.08. The molecule has 2 aliphatic heterocycles. The molecule has 6 nitrogen and oxygen atoms in total. The number of hydrogen-bond acceptors (Lipinski definition) is 6. The monoisotopic (exact) mass is 500 g/mol. The van der Waals surface area contributed by atoms with E-state index in [1.54, 1.807) is 0 Å². The fourth-order valence-electron chi connectivity index (χ4n) is 4.05. The maximum Gasteiger partial charge on any atom is 0.451 e. The summed E-state index contributed by atoms with van der Waals surface area (Å²) in [6.07, 6.45) is 12.5. The summed E-state index contributed by atoms with van der Waals surface area (Å²) in [6, 6.07) is 8.22. The lowest BCUT2D eigenvalue weighted by Gasteiger charge is -2.25. The third-order valence-electron chi connectivity index (χ3n) is 6.02. The molecule has 0 aromatic heterocycles. The van der Waals surface area contributed by atoms with Gasteiger partial charge in [-0.25, -0.2) is 0 Å². The fraction of sp³-hybridized carbons (Fsp3) is 0.556. The Bertz CT molecular complexity index is 836. The molecular formula is C27H42BClN4O2. The van der Waals surface area contributed by atoms with E-state index in [9.17, 15) is 0 Å². The van der Waals surface area contributed by atoms with Crippen molar-refractivity contribution in [2.75, 3.05) is 19.6 Å². The average Bonchev–Trinajstić information content (AvgIpc) is 3.33. The molecule has 1 fully saturated rings. The van der Waals surface area contributed by atoms with E-state index in [0.29, 0.717) is 11.3 Å². The molecule has 35 heavy (non-hydrogen) atoms. The van der Waals surface area contributed by atoms with Crippen molar-refractivity contribution in [3.63, 3.8) is 0 Å². The van der Waals surface area contributed by atoms with Crippen molar-refractivity contribution in [2.24, 2.45) is 9.98 Å². The molecule has 0 saturated carbocycles. The summed E-state index contributed by atoms with van der Waals surface area (Å²) in [5, 5.41) is 25.5. The number of aliphatic imine (C=N–C) groups is 2. The SMILES string of the molecule is C=CC1N=C(c2ccc(Cl)cc2)C(CCCCB(O)O)=NC1/C=C/CNCCC.CC1CCCN1. The zero-order valence-corrected chi connectivity index (χ0v) is 22.1. The first-order valence-electron chi connectivity index (χ1n) is 12.9.